The zero-order valence-corrected chi connectivity index (χ0v) is 8.88. The third-order valence-corrected chi connectivity index (χ3v) is 7.94. The molecular formula is C6H10S4. The van der Waals surface area contributed by atoms with Gasteiger partial charge in [-0.25, -0.2) is 0 Å². The summed E-state index contributed by atoms with van der Waals surface area (Å²) in [5, 5.41) is 1.95. The SMILES string of the molecule is C1CC(C2CCSS2)SS1. The van der Waals surface area contributed by atoms with Gasteiger partial charge in [-0.2, -0.15) is 0 Å². The van der Waals surface area contributed by atoms with Crippen molar-refractivity contribution in [3.05, 3.63) is 0 Å². The van der Waals surface area contributed by atoms with E-state index >= 15 is 0 Å². The molecule has 2 aliphatic heterocycles. The van der Waals surface area contributed by atoms with Gasteiger partial charge in [0.1, 0.15) is 0 Å². The molecule has 2 rings (SSSR count). The molecule has 2 atom stereocenters. The molecule has 0 aromatic heterocycles. The molecule has 2 unspecified atom stereocenters. The molecule has 0 nitrogen and oxygen atoms in total. The van der Waals surface area contributed by atoms with Crippen LogP contribution in [0.15, 0.2) is 0 Å². The molecule has 0 saturated carbocycles. The van der Waals surface area contributed by atoms with Crippen LogP contribution in [0.4, 0.5) is 0 Å². The van der Waals surface area contributed by atoms with Crippen LogP contribution < -0.4 is 0 Å². The van der Waals surface area contributed by atoms with Gasteiger partial charge in [-0.15, -0.1) is 0 Å². The largest absolute Gasteiger partial charge is 0.0938 e. The van der Waals surface area contributed by atoms with E-state index in [2.05, 4.69) is 43.2 Å². The summed E-state index contributed by atoms with van der Waals surface area (Å²) in [5.41, 5.74) is 0. The first-order valence-electron chi connectivity index (χ1n) is 3.53. The molecule has 58 valence electrons. The Hall–Kier alpha value is 1.40. The summed E-state index contributed by atoms with van der Waals surface area (Å²) in [6.45, 7) is 0. The fraction of sp³-hybridized carbons (Fsp3) is 1.00. The van der Waals surface area contributed by atoms with E-state index < -0.39 is 0 Å². The molecule has 2 fully saturated rings. The van der Waals surface area contributed by atoms with E-state index in [0.29, 0.717) is 0 Å². The summed E-state index contributed by atoms with van der Waals surface area (Å²) in [5.74, 6) is 2.77. The molecule has 2 saturated heterocycles. The van der Waals surface area contributed by atoms with Gasteiger partial charge in [-0.3, -0.25) is 0 Å². The summed E-state index contributed by atoms with van der Waals surface area (Å²) >= 11 is 0. The van der Waals surface area contributed by atoms with Crippen LogP contribution in [-0.4, -0.2) is 22.0 Å². The smallest absolute Gasteiger partial charge is 0.0287 e. The van der Waals surface area contributed by atoms with Gasteiger partial charge in [0.2, 0.25) is 0 Å². The van der Waals surface area contributed by atoms with Crippen molar-refractivity contribution in [3.63, 3.8) is 0 Å². The minimum absolute atomic E-state index is 0.977. The highest BCUT2D eigenvalue weighted by atomic mass is 33.1. The molecule has 4 heteroatoms. The quantitative estimate of drug-likeness (QED) is 0.609. The molecule has 2 aliphatic rings. The van der Waals surface area contributed by atoms with Crippen LogP contribution in [0, 0.1) is 0 Å². The lowest BCUT2D eigenvalue weighted by Crippen LogP contribution is -2.13. The lowest BCUT2D eigenvalue weighted by atomic mass is 10.2. The Morgan fingerprint density at radius 3 is 1.60 bits per heavy atom. The van der Waals surface area contributed by atoms with Crippen molar-refractivity contribution >= 4 is 43.2 Å². The fourth-order valence-electron chi connectivity index (χ4n) is 1.19. The zero-order chi connectivity index (χ0) is 6.81. The van der Waals surface area contributed by atoms with Gasteiger partial charge < -0.3 is 0 Å². The molecule has 0 N–H and O–H groups in total. The summed E-state index contributed by atoms with van der Waals surface area (Å²) in [7, 11) is 8.37. The summed E-state index contributed by atoms with van der Waals surface area (Å²) in [4.78, 5) is 0. The van der Waals surface area contributed by atoms with E-state index in [4.69, 9.17) is 0 Å². The van der Waals surface area contributed by atoms with Crippen LogP contribution in [0.1, 0.15) is 12.8 Å². The van der Waals surface area contributed by atoms with E-state index in [1.807, 2.05) is 0 Å². The Morgan fingerprint density at radius 1 is 0.800 bits per heavy atom. The summed E-state index contributed by atoms with van der Waals surface area (Å²) < 4.78 is 0. The lowest BCUT2D eigenvalue weighted by molar-refractivity contribution is 0.765. The summed E-state index contributed by atoms with van der Waals surface area (Å²) in [6, 6.07) is 0. The van der Waals surface area contributed by atoms with Crippen LogP contribution in [0.5, 0.6) is 0 Å². The van der Waals surface area contributed by atoms with Gasteiger partial charge in [0.15, 0.2) is 0 Å². The maximum Gasteiger partial charge on any atom is 0.0287 e. The van der Waals surface area contributed by atoms with Gasteiger partial charge >= 0.3 is 0 Å². The average molecular weight is 210 g/mol. The van der Waals surface area contributed by atoms with Crippen molar-refractivity contribution < 1.29 is 0 Å². The molecule has 0 bridgehead atoms. The molecular weight excluding hydrogens is 200 g/mol. The maximum atomic E-state index is 2.12. The van der Waals surface area contributed by atoms with Crippen LogP contribution in [0.25, 0.3) is 0 Å². The Kier molecular flexibility index (Phi) is 3.11. The third-order valence-electron chi connectivity index (χ3n) is 1.77. The van der Waals surface area contributed by atoms with Gasteiger partial charge in [-0.05, 0) is 12.8 Å². The standard InChI is InChI=1S/C6H10S4/c1-3-7-9-5(1)6-2-4-8-10-6/h5-6H,1-4H2. The molecule has 0 aromatic carbocycles. The highest BCUT2D eigenvalue weighted by molar-refractivity contribution is 8.79. The van der Waals surface area contributed by atoms with Crippen LogP contribution in [-0.2, 0) is 0 Å². The Balaban J connectivity index is 1.85. The second-order valence-corrected chi connectivity index (χ2v) is 7.94. The van der Waals surface area contributed by atoms with Gasteiger partial charge in [0.05, 0.1) is 0 Å². The topological polar surface area (TPSA) is 0 Å². The molecule has 0 amide bonds. The first-order valence-corrected chi connectivity index (χ1v) is 8.30. The van der Waals surface area contributed by atoms with Crippen LogP contribution in [0.2, 0.25) is 0 Å². The summed E-state index contributed by atoms with van der Waals surface area (Å²) in [6.07, 6.45) is 2.90. The number of hydrogen-bond acceptors (Lipinski definition) is 4. The van der Waals surface area contributed by atoms with Gasteiger partial charge in [0.25, 0.3) is 0 Å². The minimum atomic E-state index is 0.977. The monoisotopic (exact) mass is 210 g/mol. The molecule has 0 radical (unpaired) electrons. The van der Waals surface area contributed by atoms with Crippen LogP contribution in [0.3, 0.4) is 0 Å². The molecule has 2 heterocycles. The Morgan fingerprint density at radius 2 is 1.30 bits per heavy atom. The van der Waals surface area contributed by atoms with Crippen molar-refractivity contribution in [1.29, 1.82) is 0 Å². The van der Waals surface area contributed by atoms with Crippen molar-refractivity contribution in [2.45, 2.75) is 23.3 Å². The van der Waals surface area contributed by atoms with E-state index in [1.54, 1.807) is 0 Å². The predicted octanol–water partition coefficient (Wildman–Crippen LogP) is 3.29. The van der Waals surface area contributed by atoms with Gasteiger partial charge in [0, 0.05) is 22.0 Å². The van der Waals surface area contributed by atoms with Crippen molar-refractivity contribution in [2.24, 2.45) is 0 Å². The zero-order valence-electron chi connectivity index (χ0n) is 5.62. The maximum absolute atomic E-state index is 2.12. The molecule has 0 aliphatic carbocycles. The van der Waals surface area contributed by atoms with Crippen molar-refractivity contribution in [2.75, 3.05) is 11.5 Å². The van der Waals surface area contributed by atoms with E-state index in [-0.39, 0.29) is 0 Å². The Bertz CT molecular complexity index is 90.3. The highest BCUT2D eigenvalue weighted by Crippen LogP contribution is 2.49. The minimum Gasteiger partial charge on any atom is -0.0938 e. The molecule has 10 heavy (non-hydrogen) atoms. The predicted molar refractivity (Wildman–Crippen MR) is 56.9 cm³/mol. The first kappa shape index (κ1) is 8.02. The second-order valence-electron chi connectivity index (χ2n) is 2.49. The van der Waals surface area contributed by atoms with Crippen molar-refractivity contribution in [3.8, 4) is 0 Å². The van der Waals surface area contributed by atoms with E-state index in [0.717, 1.165) is 10.5 Å². The fourth-order valence-corrected chi connectivity index (χ4v) is 8.02. The second kappa shape index (κ2) is 3.87. The number of rotatable bonds is 1. The molecule has 0 aromatic rings. The normalized spacial score (nSPS) is 40.8. The van der Waals surface area contributed by atoms with E-state index in [1.165, 1.54) is 24.3 Å². The first-order chi connectivity index (χ1) is 4.97. The lowest BCUT2D eigenvalue weighted by Gasteiger charge is -2.12. The van der Waals surface area contributed by atoms with Crippen LogP contribution >= 0.6 is 43.2 Å². The number of hydrogen-bond donors (Lipinski definition) is 0. The van der Waals surface area contributed by atoms with Gasteiger partial charge in [-0.1, -0.05) is 43.2 Å². The average Bonchev–Trinajstić information content (AvgIpc) is 2.59. The highest BCUT2D eigenvalue weighted by Gasteiger charge is 2.29. The third kappa shape index (κ3) is 1.76. The van der Waals surface area contributed by atoms with E-state index in [9.17, 15) is 0 Å². The van der Waals surface area contributed by atoms with Crippen molar-refractivity contribution in [1.82, 2.24) is 0 Å². The Labute approximate surface area is 77.8 Å². The molecule has 0 spiro atoms.